The number of benzene rings is 1. The summed E-state index contributed by atoms with van der Waals surface area (Å²) in [6, 6.07) is 3.37. The number of nitrogens with two attached hydrogens (primary N) is 1. The van der Waals surface area contributed by atoms with Gasteiger partial charge in [0, 0.05) is 24.3 Å². The van der Waals surface area contributed by atoms with Crippen molar-refractivity contribution < 1.29 is 13.5 Å². The Hall–Kier alpha value is -1.11. The van der Waals surface area contributed by atoms with Gasteiger partial charge >= 0.3 is 0 Å². The fourth-order valence-electron chi connectivity index (χ4n) is 2.03. The van der Waals surface area contributed by atoms with Crippen LogP contribution in [0.2, 0.25) is 0 Å². The van der Waals surface area contributed by atoms with E-state index in [2.05, 4.69) is 4.72 Å². The van der Waals surface area contributed by atoms with Gasteiger partial charge in [-0.05, 0) is 49.9 Å². The van der Waals surface area contributed by atoms with Crippen molar-refractivity contribution in [3.63, 3.8) is 0 Å². The van der Waals surface area contributed by atoms with E-state index in [-0.39, 0.29) is 23.5 Å². The zero-order valence-electron chi connectivity index (χ0n) is 11.2. The van der Waals surface area contributed by atoms with Crippen molar-refractivity contribution in [1.29, 1.82) is 0 Å². The molecule has 1 fully saturated rings. The van der Waals surface area contributed by atoms with Crippen molar-refractivity contribution in [3.05, 3.63) is 23.3 Å². The first kappa shape index (κ1) is 14.3. The van der Waals surface area contributed by atoms with E-state index in [0.717, 1.165) is 18.4 Å². The Labute approximate surface area is 113 Å². The summed E-state index contributed by atoms with van der Waals surface area (Å²) in [5, 5.41) is 9.21. The predicted octanol–water partition coefficient (Wildman–Crippen LogP) is 0.936. The molecule has 5 nitrogen and oxygen atoms in total. The minimum absolute atomic E-state index is 0.0183. The highest BCUT2D eigenvalue weighted by Gasteiger charge is 2.42. The third kappa shape index (κ3) is 2.91. The third-order valence-corrected chi connectivity index (χ3v) is 5.29. The van der Waals surface area contributed by atoms with Gasteiger partial charge in [-0.25, -0.2) is 13.1 Å². The number of anilines is 1. The van der Waals surface area contributed by atoms with Gasteiger partial charge in [-0.1, -0.05) is 0 Å². The number of aryl methyl sites for hydroxylation is 1. The maximum atomic E-state index is 12.3. The molecule has 0 amide bonds. The van der Waals surface area contributed by atoms with E-state index < -0.39 is 10.0 Å². The molecule has 19 heavy (non-hydrogen) atoms. The maximum absolute atomic E-state index is 12.3. The molecule has 0 unspecified atom stereocenters. The van der Waals surface area contributed by atoms with E-state index in [0.29, 0.717) is 11.3 Å². The molecule has 1 saturated carbocycles. The van der Waals surface area contributed by atoms with E-state index in [1.807, 2.05) is 6.92 Å². The number of aliphatic hydroxyl groups is 1. The fraction of sp³-hybridized carbons (Fsp3) is 0.538. The van der Waals surface area contributed by atoms with Gasteiger partial charge in [0.05, 0.1) is 4.90 Å². The number of nitrogens with one attached hydrogen (secondary N) is 1. The van der Waals surface area contributed by atoms with Crippen LogP contribution >= 0.6 is 0 Å². The van der Waals surface area contributed by atoms with Crippen LogP contribution in [0, 0.1) is 19.3 Å². The average Bonchev–Trinajstić information content (AvgIpc) is 3.12. The summed E-state index contributed by atoms with van der Waals surface area (Å²) in [4.78, 5) is 0.221. The summed E-state index contributed by atoms with van der Waals surface area (Å²) in [5.74, 6) is 0. The first-order valence-electron chi connectivity index (χ1n) is 6.27. The highest BCUT2D eigenvalue weighted by molar-refractivity contribution is 7.89. The molecule has 2 rings (SSSR count). The smallest absolute Gasteiger partial charge is 0.240 e. The molecule has 0 bridgehead atoms. The molecule has 4 N–H and O–H groups in total. The lowest BCUT2D eigenvalue weighted by molar-refractivity contribution is 0.213. The van der Waals surface area contributed by atoms with Crippen molar-refractivity contribution >= 4 is 15.7 Å². The minimum atomic E-state index is -3.58. The van der Waals surface area contributed by atoms with Crippen LogP contribution in [0.15, 0.2) is 17.0 Å². The second-order valence-electron chi connectivity index (χ2n) is 5.46. The van der Waals surface area contributed by atoms with Crippen LogP contribution in [0.3, 0.4) is 0 Å². The molecular weight excluding hydrogens is 264 g/mol. The fourth-order valence-corrected chi connectivity index (χ4v) is 3.54. The minimum Gasteiger partial charge on any atom is -0.398 e. The predicted molar refractivity (Wildman–Crippen MR) is 74.3 cm³/mol. The zero-order chi connectivity index (χ0) is 14.3. The van der Waals surface area contributed by atoms with Gasteiger partial charge in [-0.15, -0.1) is 0 Å². The lowest BCUT2D eigenvalue weighted by Crippen LogP contribution is -2.32. The van der Waals surface area contributed by atoms with Crippen molar-refractivity contribution in [2.75, 3.05) is 18.9 Å². The number of rotatable bonds is 5. The molecule has 0 aromatic heterocycles. The van der Waals surface area contributed by atoms with Crippen molar-refractivity contribution in [2.24, 2.45) is 5.41 Å². The molecule has 106 valence electrons. The summed E-state index contributed by atoms with van der Waals surface area (Å²) < 4.78 is 27.2. The second kappa shape index (κ2) is 4.77. The van der Waals surface area contributed by atoms with Gasteiger partial charge in [0.2, 0.25) is 10.0 Å². The van der Waals surface area contributed by atoms with Crippen LogP contribution in [0.4, 0.5) is 5.69 Å². The molecule has 0 spiro atoms. The van der Waals surface area contributed by atoms with Gasteiger partial charge in [0.15, 0.2) is 0 Å². The normalized spacial score (nSPS) is 17.4. The summed E-state index contributed by atoms with van der Waals surface area (Å²) in [5.41, 5.74) is 7.40. The molecule has 0 radical (unpaired) electrons. The Bertz CT molecular complexity index is 592. The highest BCUT2D eigenvalue weighted by atomic mass is 32.2. The van der Waals surface area contributed by atoms with Crippen LogP contribution in [-0.2, 0) is 10.0 Å². The molecule has 1 aliphatic carbocycles. The Kier molecular flexibility index (Phi) is 3.59. The van der Waals surface area contributed by atoms with Crippen LogP contribution in [-0.4, -0.2) is 26.7 Å². The summed E-state index contributed by atoms with van der Waals surface area (Å²) in [6.07, 6.45) is 1.72. The van der Waals surface area contributed by atoms with Gasteiger partial charge in [-0.3, -0.25) is 0 Å². The largest absolute Gasteiger partial charge is 0.398 e. The molecule has 0 heterocycles. The van der Waals surface area contributed by atoms with Gasteiger partial charge in [-0.2, -0.15) is 0 Å². The van der Waals surface area contributed by atoms with E-state index in [1.165, 1.54) is 0 Å². The van der Waals surface area contributed by atoms with Gasteiger partial charge < -0.3 is 10.8 Å². The number of aliphatic hydroxyl groups excluding tert-OH is 1. The van der Waals surface area contributed by atoms with E-state index in [4.69, 9.17) is 5.73 Å². The monoisotopic (exact) mass is 284 g/mol. The molecule has 1 aromatic carbocycles. The molecule has 0 aliphatic heterocycles. The van der Waals surface area contributed by atoms with Gasteiger partial charge in [0.25, 0.3) is 0 Å². The van der Waals surface area contributed by atoms with Crippen molar-refractivity contribution in [2.45, 2.75) is 31.6 Å². The van der Waals surface area contributed by atoms with Gasteiger partial charge in [0.1, 0.15) is 0 Å². The Morgan fingerprint density at radius 2 is 2.00 bits per heavy atom. The van der Waals surface area contributed by atoms with E-state index in [9.17, 15) is 13.5 Å². The summed E-state index contributed by atoms with van der Waals surface area (Å²) >= 11 is 0. The number of nitrogen functional groups attached to an aromatic ring is 1. The molecule has 6 heteroatoms. The SMILES string of the molecule is Cc1cc(N)c(C)c(S(=O)(=O)NCC2(CO)CC2)c1. The van der Waals surface area contributed by atoms with Crippen molar-refractivity contribution in [1.82, 2.24) is 4.72 Å². The van der Waals surface area contributed by atoms with E-state index in [1.54, 1.807) is 19.1 Å². The lowest BCUT2D eigenvalue weighted by atomic mass is 10.1. The standard InChI is InChI=1S/C13H20N2O3S/c1-9-5-11(14)10(2)12(6-9)19(17,18)15-7-13(8-16)3-4-13/h5-6,15-16H,3-4,7-8,14H2,1-2H3. The number of hydrogen-bond donors (Lipinski definition) is 3. The van der Waals surface area contributed by atoms with Crippen LogP contribution in [0.1, 0.15) is 24.0 Å². The quantitative estimate of drug-likeness (QED) is 0.702. The molecule has 0 saturated heterocycles. The first-order valence-corrected chi connectivity index (χ1v) is 7.75. The summed E-state index contributed by atoms with van der Waals surface area (Å²) in [7, 11) is -3.58. The maximum Gasteiger partial charge on any atom is 0.240 e. The molecule has 1 aliphatic rings. The average molecular weight is 284 g/mol. The topological polar surface area (TPSA) is 92.4 Å². The first-order chi connectivity index (χ1) is 8.80. The molecular formula is C13H20N2O3S. The third-order valence-electron chi connectivity index (χ3n) is 3.76. The van der Waals surface area contributed by atoms with Crippen LogP contribution in [0.5, 0.6) is 0 Å². The second-order valence-corrected chi connectivity index (χ2v) is 7.20. The Balaban J connectivity index is 2.25. The highest BCUT2D eigenvalue weighted by Crippen LogP contribution is 2.44. The van der Waals surface area contributed by atoms with Crippen LogP contribution < -0.4 is 10.5 Å². The van der Waals surface area contributed by atoms with Crippen molar-refractivity contribution in [3.8, 4) is 0 Å². The van der Waals surface area contributed by atoms with Crippen LogP contribution in [0.25, 0.3) is 0 Å². The Morgan fingerprint density at radius 1 is 1.37 bits per heavy atom. The lowest BCUT2D eigenvalue weighted by Gasteiger charge is -2.15. The molecule has 0 atom stereocenters. The Morgan fingerprint density at radius 3 is 2.53 bits per heavy atom. The number of hydrogen-bond acceptors (Lipinski definition) is 4. The summed E-state index contributed by atoms with van der Waals surface area (Å²) in [6.45, 7) is 3.80. The number of sulfonamides is 1. The van der Waals surface area contributed by atoms with E-state index >= 15 is 0 Å². The zero-order valence-corrected chi connectivity index (χ0v) is 12.0. The molecule has 1 aromatic rings.